The number of nitrogen functional groups attached to an aromatic ring is 1. The second-order valence-corrected chi connectivity index (χ2v) is 11.2. The molecular formula is C30H29N5O3S. The monoisotopic (exact) mass is 539 g/mol. The molecule has 0 aliphatic rings. The largest absolute Gasteiger partial charge is 0.494 e. The molecule has 1 heterocycles. The van der Waals surface area contributed by atoms with E-state index in [2.05, 4.69) is 14.6 Å². The number of rotatable bonds is 8. The van der Waals surface area contributed by atoms with Crippen molar-refractivity contribution in [3.05, 3.63) is 114 Å². The predicted molar refractivity (Wildman–Crippen MR) is 157 cm³/mol. The average molecular weight is 540 g/mol. The van der Waals surface area contributed by atoms with E-state index >= 15 is 0 Å². The van der Waals surface area contributed by atoms with Crippen molar-refractivity contribution in [2.45, 2.75) is 11.4 Å². The lowest BCUT2D eigenvalue weighted by atomic mass is 10.0. The maximum absolute atomic E-state index is 13.0. The number of nitrogens with two attached hydrogens (primary N) is 1. The van der Waals surface area contributed by atoms with Crippen molar-refractivity contribution in [2.75, 3.05) is 24.6 Å². The van der Waals surface area contributed by atoms with Crippen molar-refractivity contribution in [1.82, 2.24) is 9.88 Å². The van der Waals surface area contributed by atoms with Gasteiger partial charge in [-0.15, -0.1) is 0 Å². The van der Waals surface area contributed by atoms with Crippen molar-refractivity contribution in [3.8, 4) is 5.88 Å². The van der Waals surface area contributed by atoms with Gasteiger partial charge < -0.3 is 20.7 Å². The summed E-state index contributed by atoms with van der Waals surface area (Å²) >= 11 is 0. The highest BCUT2D eigenvalue weighted by Crippen LogP contribution is 2.34. The van der Waals surface area contributed by atoms with Gasteiger partial charge in [-0.05, 0) is 68.2 Å². The number of aromatic amines is 1. The Hall–Kier alpha value is -4.60. The van der Waals surface area contributed by atoms with Crippen molar-refractivity contribution < 1.29 is 13.5 Å². The number of nitrogens with zero attached hydrogens (tertiary/aromatic N) is 2. The predicted octanol–water partition coefficient (Wildman–Crippen LogP) is 5.49. The van der Waals surface area contributed by atoms with E-state index in [0.717, 1.165) is 23.4 Å². The number of hydrogen-bond donors (Lipinski definition) is 4. The van der Waals surface area contributed by atoms with E-state index in [9.17, 15) is 13.5 Å². The standard InChI is InChI=1S/C30H29N5O3S/c1-35(2)19-20-11-13-23(14-12-20)32-29(21-7-4-3-5-8-21)28-26-18-24(15-16-27(26)33-30(28)36)34-39(37,38)25-10-6-9-22(31)17-25/h3-18,33-34,36H,19,31H2,1-2H3. The van der Waals surface area contributed by atoms with Crippen LogP contribution in [0, 0.1) is 0 Å². The highest BCUT2D eigenvalue weighted by atomic mass is 32.2. The van der Waals surface area contributed by atoms with Gasteiger partial charge in [0.05, 0.1) is 21.9 Å². The first-order valence-corrected chi connectivity index (χ1v) is 13.8. The van der Waals surface area contributed by atoms with Crippen LogP contribution in [0.2, 0.25) is 0 Å². The maximum Gasteiger partial charge on any atom is 0.261 e. The van der Waals surface area contributed by atoms with Gasteiger partial charge in [-0.3, -0.25) is 4.72 Å². The number of aliphatic imine (C=N–C) groups is 1. The Balaban J connectivity index is 1.60. The van der Waals surface area contributed by atoms with Gasteiger partial charge in [0.15, 0.2) is 5.88 Å². The molecule has 0 radical (unpaired) electrons. The maximum atomic E-state index is 13.0. The topological polar surface area (TPSA) is 124 Å². The number of benzene rings is 4. The Kier molecular flexibility index (Phi) is 7.10. The minimum atomic E-state index is -3.88. The number of nitrogens with one attached hydrogen (secondary N) is 2. The molecular weight excluding hydrogens is 510 g/mol. The number of hydrogen-bond acceptors (Lipinski definition) is 6. The number of sulfonamides is 1. The number of anilines is 2. The Labute approximate surface area is 227 Å². The molecule has 0 aliphatic heterocycles. The third kappa shape index (κ3) is 5.79. The van der Waals surface area contributed by atoms with Crippen LogP contribution < -0.4 is 10.5 Å². The van der Waals surface area contributed by atoms with E-state index in [1.54, 1.807) is 30.3 Å². The van der Waals surface area contributed by atoms with E-state index in [1.807, 2.05) is 68.7 Å². The number of aromatic hydroxyl groups is 1. The third-order valence-corrected chi connectivity index (χ3v) is 7.54. The zero-order valence-corrected chi connectivity index (χ0v) is 22.4. The fourth-order valence-corrected chi connectivity index (χ4v) is 5.51. The first-order valence-electron chi connectivity index (χ1n) is 12.3. The van der Waals surface area contributed by atoms with E-state index in [1.165, 1.54) is 12.1 Å². The fraction of sp³-hybridized carbons (Fsp3) is 0.100. The zero-order chi connectivity index (χ0) is 27.6. The summed E-state index contributed by atoms with van der Waals surface area (Å²) in [6, 6.07) is 28.6. The summed E-state index contributed by atoms with van der Waals surface area (Å²) in [6.07, 6.45) is 0. The number of fused-ring (bicyclic) bond motifs is 1. The van der Waals surface area contributed by atoms with Crippen molar-refractivity contribution in [1.29, 1.82) is 0 Å². The normalized spacial score (nSPS) is 12.2. The van der Waals surface area contributed by atoms with Gasteiger partial charge in [0.25, 0.3) is 10.0 Å². The van der Waals surface area contributed by atoms with Crippen LogP contribution in [0.25, 0.3) is 10.9 Å². The molecule has 4 aromatic carbocycles. The molecule has 0 saturated heterocycles. The number of H-pyrrole nitrogens is 1. The van der Waals surface area contributed by atoms with E-state index in [-0.39, 0.29) is 10.8 Å². The summed E-state index contributed by atoms with van der Waals surface area (Å²) in [5.74, 6) is -0.0623. The molecule has 8 nitrogen and oxygen atoms in total. The molecule has 0 atom stereocenters. The van der Waals surface area contributed by atoms with Crippen molar-refractivity contribution in [2.24, 2.45) is 4.99 Å². The Morgan fingerprint density at radius 3 is 2.38 bits per heavy atom. The second-order valence-electron chi connectivity index (χ2n) is 9.52. The van der Waals surface area contributed by atoms with Crippen LogP contribution in [0.15, 0.2) is 107 Å². The summed E-state index contributed by atoms with van der Waals surface area (Å²) in [5, 5.41) is 11.6. The molecule has 39 heavy (non-hydrogen) atoms. The van der Waals surface area contributed by atoms with E-state index in [0.29, 0.717) is 33.6 Å². The van der Waals surface area contributed by atoms with Gasteiger partial charge >= 0.3 is 0 Å². The van der Waals surface area contributed by atoms with Gasteiger partial charge in [-0.1, -0.05) is 48.5 Å². The van der Waals surface area contributed by atoms with Gasteiger partial charge in [-0.2, -0.15) is 0 Å². The Morgan fingerprint density at radius 2 is 1.69 bits per heavy atom. The van der Waals surface area contributed by atoms with Crippen LogP contribution >= 0.6 is 0 Å². The molecule has 5 N–H and O–H groups in total. The molecule has 9 heteroatoms. The van der Waals surface area contributed by atoms with Crippen LogP contribution in [0.1, 0.15) is 16.7 Å². The summed E-state index contributed by atoms with van der Waals surface area (Å²) in [5.41, 5.74) is 10.8. The third-order valence-electron chi connectivity index (χ3n) is 6.16. The van der Waals surface area contributed by atoms with Gasteiger partial charge in [0, 0.05) is 34.4 Å². The molecule has 198 valence electrons. The molecule has 0 spiro atoms. The second kappa shape index (κ2) is 10.6. The lowest BCUT2D eigenvalue weighted by Gasteiger charge is -2.11. The van der Waals surface area contributed by atoms with Crippen LogP contribution in [0.3, 0.4) is 0 Å². The summed E-state index contributed by atoms with van der Waals surface area (Å²) in [4.78, 5) is 10.1. The van der Waals surface area contributed by atoms with Crippen LogP contribution in [-0.2, 0) is 16.6 Å². The van der Waals surface area contributed by atoms with Crippen LogP contribution in [0.5, 0.6) is 5.88 Å². The fourth-order valence-electron chi connectivity index (χ4n) is 4.41. The van der Waals surface area contributed by atoms with Crippen molar-refractivity contribution in [3.63, 3.8) is 0 Å². The molecule has 0 fully saturated rings. The Bertz CT molecular complexity index is 1760. The first kappa shape index (κ1) is 26.0. The highest BCUT2D eigenvalue weighted by molar-refractivity contribution is 7.92. The highest BCUT2D eigenvalue weighted by Gasteiger charge is 2.21. The smallest absolute Gasteiger partial charge is 0.261 e. The van der Waals surface area contributed by atoms with Crippen molar-refractivity contribution >= 4 is 43.7 Å². The quantitative estimate of drug-likeness (QED) is 0.153. The summed E-state index contributed by atoms with van der Waals surface area (Å²) < 4.78 is 28.7. The summed E-state index contributed by atoms with van der Waals surface area (Å²) in [6.45, 7) is 0.813. The molecule has 0 unspecified atom stereocenters. The molecule has 0 saturated carbocycles. The lowest BCUT2D eigenvalue weighted by molar-refractivity contribution is 0.402. The molecule has 0 bridgehead atoms. The van der Waals surface area contributed by atoms with Gasteiger partial charge in [0.1, 0.15) is 0 Å². The minimum Gasteiger partial charge on any atom is -0.494 e. The number of aromatic nitrogens is 1. The minimum absolute atomic E-state index is 0.0592. The lowest BCUT2D eigenvalue weighted by Crippen LogP contribution is -2.13. The van der Waals surface area contributed by atoms with Crippen LogP contribution in [-0.4, -0.2) is 43.2 Å². The molecule has 0 aliphatic carbocycles. The SMILES string of the molecule is CN(C)Cc1ccc(N=C(c2ccccc2)c2c(O)[nH]c3ccc(NS(=O)(=O)c4cccc(N)c4)cc23)cc1. The van der Waals surface area contributed by atoms with Gasteiger partial charge in [-0.25, -0.2) is 13.4 Å². The molecule has 1 aromatic heterocycles. The van der Waals surface area contributed by atoms with E-state index < -0.39 is 10.0 Å². The molecule has 5 rings (SSSR count). The molecule has 0 amide bonds. The summed E-state index contributed by atoms with van der Waals surface area (Å²) in [7, 11) is 0.153. The van der Waals surface area contributed by atoms with Gasteiger partial charge in [0.2, 0.25) is 0 Å². The first-order chi connectivity index (χ1) is 18.7. The Morgan fingerprint density at radius 1 is 0.949 bits per heavy atom. The molecule has 5 aromatic rings. The van der Waals surface area contributed by atoms with E-state index in [4.69, 9.17) is 10.7 Å². The average Bonchev–Trinajstić information content (AvgIpc) is 3.23. The van der Waals surface area contributed by atoms with Crippen LogP contribution in [0.4, 0.5) is 17.1 Å². The zero-order valence-electron chi connectivity index (χ0n) is 21.6.